The Bertz CT molecular complexity index is 741. The first-order valence-electron chi connectivity index (χ1n) is 5.66. The third-order valence-corrected chi connectivity index (χ3v) is 4.28. The molecule has 0 radical (unpaired) electrons. The molecule has 2 aromatic carbocycles. The van der Waals surface area contributed by atoms with Gasteiger partial charge < -0.3 is 4.98 Å². The first-order chi connectivity index (χ1) is 9.04. The highest BCUT2D eigenvalue weighted by atomic mass is 79.9. The number of nitrogens with one attached hydrogen (secondary N) is 1. The number of imidazole rings is 1. The smallest absolute Gasteiger partial charge is 0.139 e. The summed E-state index contributed by atoms with van der Waals surface area (Å²) in [5.74, 6) is 0.792. The van der Waals surface area contributed by atoms with Gasteiger partial charge in [0.15, 0.2) is 0 Å². The van der Waals surface area contributed by atoms with E-state index in [1.54, 1.807) is 12.1 Å². The molecule has 0 fully saturated rings. The van der Waals surface area contributed by atoms with Crippen molar-refractivity contribution in [1.29, 1.82) is 0 Å². The first-order valence-corrected chi connectivity index (χ1v) is 7.21. The van der Waals surface area contributed by atoms with E-state index in [1.165, 1.54) is 5.56 Å². The highest BCUT2D eigenvalue weighted by Crippen LogP contribution is 2.31. The fourth-order valence-corrected chi connectivity index (χ4v) is 2.95. The lowest BCUT2D eigenvalue weighted by atomic mass is 10.1. The Kier molecular flexibility index (Phi) is 3.29. The van der Waals surface area contributed by atoms with E-state index < -0.39 is 0 Å². The highest BCUT2D eigenvalue weighted by Gasteiger charge is 2.10. The third kappa shape index (κ3) is 2.38. The van der Waals surface area contributed by atoms with Gasteiger partial charge in [-0.05, 0) is 36.8 Å². The standard InChI is InChI=1S/C14H9BrCl2N2/c1-7-2-3-8(9(15)4-7)14-18-12-5-10(16)11(17)6-13(12)19-14/h2-6H,1H3,(H,18,19). The molecule has 3 aromatic rings. The number of hydrogen-bond donors (Lipinski definition) is 1. The van der Waals surface area contributed by atoms with Crippen molar-refractivity contribution < 1.29 is 0 Å². The van der Waals surface area contributed by atoms with E-state index >= 15 is 0 Å². The van der Waals surface area contributed by atoms with Crippen molar-refractivity contribution in [2.45, 2.75) is 6.92 Å². The first kappa shape index (κ1) is 13.0. The van der Waals surface area contributed by atoms with Gasteiger partial charge >= 0.3 is 0 Å². The van der Waals surface area contributed by atoms with Crippen LogP contribution in [-0.4, -0.2) is 9.97 Å². The van der Waals surface area contributed by atoms with Gasteiger partial charge in [0.25, 0.3) is 0 Å². The fraction of sp³-hybridized carbons (Fsp3) is 0.0714. The molecule has 0 aliphatic heterocycles. The predicted molar refractivity (Wildman–Crippen MR) is 84.0 cm³/mol. The van der Waals surface area contributed by atoms with Crippen LogP contribution in [0.3, 0.4) is 0 Å². The third-order valence-electron chi connectivity index (χ3n) is 2.90. The lowest BCUT2D eigenvalue weighted by Gasteiger charge is -2.01. The minimum Gasteiger partial charge on any atom is -0.338 e. The molecule has 0 aliphatic rings. The van der Waals surface area contributed by atoms with Crippen molar-refractivity contribution in [2.24, 2.45) is 0 Å². The largest absolute Gasteiger partial charge is 0.338 e. The van der Waals surface area contributed by atoms with Crippen LogP contribution in [0.25, 0.3) is 22.4 Å². The van der Waals surface area contributed by atoms with Gasteiger partial charge in [0, 0.05) is 10.0 Å². The summed E-state index contributed by atoms with van der Waals surface area (Å²) >= 11 is 15.6. The summed E-state index contributed by atoms with van der Waals surface area (Å²) in [6.07, 6.45) is 0. The molecule has 19 heavy (non-hydrogen) atoms. The number of halogens is 3. The normalized spacial score (nSPS) is 11.2. The summed E-state index contributed by atoms with van der Waals surface area (Å²) < 4.78 is 1.00. The number of benzene rings is 2. The van der Waals surface area contributed by atoms with E-state index in [0.29, 0.717) is 10.0 Å². The molecule has 0 saturated carbocycles. The second-order valence-electron chi connectivity index (χ2n) is 4.35. The van der Waals surface area contributed by atoms with Crippen LogP contribution >= 0.6 is 39.1 Å². The van der Waals surface area contributed by atoms with Crippen LogP contribution in [0.15, 0.2) is 34.8 Å². The van der Waals surface area contributed by atoms with Gasteiger partial charge in [-0.2, -0.15) is 0 Å². The molecule has 0 unspecified atom stereocenters. The van der Waals surface area contributed by atoms with Crippen LogP contribution in [-0.2, 0) is 0 Å². The molecule has 0 bridgehead atoms. The molecule has 3 rings (SSSR count). The van der Waals surface area contributed by atoms with Crippen LogP contribution in [0.2, 0.25) is 10.0 Å². The lowest BCUT2D eigenvalue weighted by molar-refractivity contribution is 1.32. The Balaban J connectivity index is 2.20. The molecule has 1 aromatic heterocycles. The maximum Gasteiger partial charge on any atom is 0.139 e. The van der Waals surface area contributed by atoms with E-state index in [0.717, 1.165) is 26.9 Å². The molecule has 0 spiro atoms. The topological polar surface area (TPSA) is 28.7 Å². The van der Waals surface area contributed by atoms with Gasteiger partial charge in [0.05, 0.1) is 21.1 Å². The van der Waals surface area contributed by atoms with E-state index in [9.17, 15) is 0 Å². The van der Waals surface area contributed by atoms with Crippen LogP contribution < -0.4 is 0 Å². The Hall–Kier alpha value is -1.03. The number of fused-ring (bicyclic) bond motifs is 1. The van der Waals surface area contributed by atoms with E-state index in [2.05, 4.69) is 32.0 Å². The van der Waals surface area contributed by atoms with E-state index in [-0.39, 0.29) is 0 Å². The van der Waals surface area contributed by atoms with Crippen molar-refractivity contribution in [3.8, 4) is 11.4 Å². The van der Waals surface area contributed by atoms with Gasteiger partial charge in [-0.1, -0.05) is 45.2 Å². The van der Waals surface area contributed by atoms with Crippen LogP contribution in [0, 0.1) is 6.92 Å². The molecular weight excluding hydrogens is 347 g/mol. The zero-order chi connectivity index (χ0) is 13.6. The van der Waals surface area contributed by atoms with Crippen LogP contribution in [0.1, 0.15) is 5.56 Å². The average Bonchev–Trinajstić information content (AvgIpc) is 2.72. The Morgan fingerprint density at radius 1 is 1.11 bits per heavy atom. The summed E-state index contributed by atoms with van der Waals surface area (Å²) in [6.45, 7) is 2.05. The number of hydrogen-bond acceptors (Lipinski definition) is 1. The lowest BCUT2D eigenvalue weighted by Crippen LogP contribution is -1.83. The average molecular weight is 356 g/mol. The molecule has 5 heteroatoms. The quantitative estimate of drug-likeness (QED) is 0.604. The summed E-state index contributed by atoms with van der Waals surface area (Å²) in [6, 6.07) is 9.69. The fourth-order valence-electron chi connectivity index (χ4n) is 1.94. The highest BCUT2D eigenvalue weighted by molar-refractivity contribution is 9.10. The van der Waals surface area contributed by atoms with Crippen molar-refractivity contribution in [2.75, 3.05) is 0 Å². The number of H-pyrrole nitrogens is 1. The summed E-state index contributed by atoms with van der Waals surface area (Å²) in [4.78, 5) is 7.80. The molecule has 2 nitrogen and oxygen atoms in total. The number of aromatic nitrogens is 2. The number of nitrogens with zero attached hydrogens (tertiary/aromatic N) is 1. The number of aromatic amines is 1. The monoisotopic (exact) mass is 354 g/mol. The minimum absolute atomic E-state index is 0.509. The molecule has 0 aliphatic carbocycles. The Labute approximate surface area is 128 Å². The predicted octanol–water partition coefficient (Wildman–Crippen LogP) is 5.61. The van der Waals surface area contributed by atoms with Gasteiger partial charge in [-0.3, -0.25) is 0 Å². The van der Waals surface area contributed by atoms with Crippen LogP contribution in [0.5, 0.6) is 0 Å². The summed E-state index contributed by atoms with van der Waals surface area (Å²) in [5.41, 5.74) is 3.88. The van der Waals surface area contributed by atoms with Gasteiger partial charge in [0.1, 0.15) is 5.82 Å². The van der Waals surface area contributed by atoms with Crippen molar-refractivity contribution in [1.82, 2.24) is 9.97 Å². The maximum absolute atomic E-state index is 6.01. The molecule has 1 heterocycles. The Morgan fingerprint density at radius 2 is 1.84 bits per heavy atom. The Morgan fingerprint density at radius 3 is 2.58 bits per heavy atom. The van der Waals surface area contributed by atoms with E-state index in [4.69, 9.17) is 23.2 Å². The summed E-state index contributed by atoms with van der Waals surface area (Å²) in [7, 11) is 0. The molecule has 0 saturated heterocycles. The number of rotatable bonds is 1. The van der Waals surface area contributed by atoms with Gasteiger partial charge in [-0.25, -0.2) is 4.98 Å². The second kappa shape index (κ2) is 4.82. The zero-order valence-electron chi connectivity index (χ0n) is 9.97. The SMILES string of the molecule is Cc1ccc(-c2nc3cc(Cl)c(Cl)cc3[nH]2)c(Br)c1. The van der Waals surface area contributed by atoms with Gasteiger partial charge in [0.2, 0.25) is 0 Å². The molecule has 0 amide bonds. The van der Waals surface area contributed by atoms with Crippen LogP contribution in [0.4, 0.5) is 0 Å². The molecule has 96 valence electrons. The van der Waals surface area contributed by atoms with Crippen molar-refractivity contribution in [3.05, 3.63) is 50.4 Å². The number of aryl methyl sites for hydroxylation is 1. The van der Waals surface area contributed by atoms with Crippen molar-refractivity contribution in [3.63, 3.8) is 0 Å². The maximum atomic E-state index is 6.01. The van der Waals surface area contributed by atoms with Gasteiger partial charge in [-0.15, -0.1) is 0 Å². The summed E-state index contributed by atoms with van der Waals surface area (Å²) in [5, 5.41) is 1.03. The molecule has 0 atom stereocenters. The van der Waals surface area contributed by atoms with Crippen molar-refractivity contribution >= 4 is 50.2 Å². The second-order valence-corrected chi connectivity index (χ2v) is 6.02. The van der Waals surface area contributed by atoms with E-state index in [1.807, 2.05) is 19.1 Å². The molecular formula is C14H9BrCl2N2. The minimum atomic E-state index is 0.509. The zero-order valence-corrected chi connectivity index (χ0v) is 13.1. The molecule has 1 N–H and O–H groups in total.